The van der Waals surface area contributed by atoms with Gasteiger partial charge >= 0.3 is 0 Å². The number of hydrogen-bond acceptors (Lipinski definition) is 1. The number of rotatable bonds is 5. The second kappa shape index (κ2) is 6.12. The van der Waals surface area contributed by atoms with Crippen molar-refractivity contribution in [3.8, 4) is 0 Å². The molecule has 1 fully saturated rings. The van der Waals surface area contributed by atoms with Gasteiger partial charge in [-0.15, -0.1) is 0 Å². The third-order valence-electron chi connectivity index (χ3n) is 6.81. The zero-order valence-electron chi connectivity index (χ0n) is 14.1. The Morgan fingerprint density at radius 1 is 1.43 bits per heavy atom. The fraction of sp³-hybridized carbons (Fsp3) is 0.700. The highest BCUT2D eigenvalue weighted by molar-refractivity contribution is 5.21. The van der Waals surface area contributed by atoms with Crippen LogP contribution in [-0.4, -0.2) is 11.7 Å². The average Bonchev–Trinajstić information content (AvgIpc) is 2.47. The molecule has 0 aromatic rings. The minimum absolute atomic E-state index is 0.212. The smallest absolute Gasteiger partial charge is 0.0464 e. The molecule has 1 N–H and O–H groups in total. The van der Waals surface area contributed by atoms with E-state index in [1.807, 2.05) is 6.08 Å². The molecule has 0 amide bonds. The molecular formula is C20H32O. The van der Waals surface area contributed by atoms with E-state index in [1.54, 1.807) is 5.57 Å². The third-order valence-corrected chi connectivity index (χ3v) is 6.81. The van der Waals surface area contributed by atoms with Crippen LogP contribution in [0.3, 0.4) is 0 Å². The summed E-state index contributed by atoms with van der Waals surface area (Å²) in [7, 11) is 0. The zero-order valence-corrected chi connectivity index (χ0v) is 14.1. The van der Waals surface area contributed by atoms with Gasteiger partial charge in [0, 0.05) is 6.61 Å². The van der Waals surface area contributed by atoms with Crippen LogP contribution in [-0.2, 0) is 0 Å². The van der Waals surface area contributed by atoms with Crippen LogP contribution in [0.5, 0.6) is 0 Å². The van der Waals surface area contributed by atoms with Crippen molar-refractivity contribution in [2.75, 3.05) is 6.61 Å². The first-order chi connectivity index (χ1) is 9.88. The van der Waals surface area contributed by atoms with Gasteiger partial charge in [0.1, 0.15) is 0 Å². The van der Waals surface area contributed by atoms with Crippen molar-refractivity contribution in [2.24, 2.45) is 22.7 Å². The lowest BCUT2D eigenvalue weighted by Gasteiger charge is -2.58. The molecule has 0 aromatic heterocycles. The molecule has 118 valence electrons. The maximum atomic E-state index is 9.93. The van der Waals surface area contributed by atoms with Crippen LogP contribution >= 0.6 is 0 Å². The van der Waals surface area contributed by atoms with Gasteiger partial charge in [-0.1, -0.05) is 50.3 Å². The van der Waals surface area contributed by atoms with E-state index in [9.17, 15) is 5.11 Å². The Kier molecular flexibility index (Phi) is 4.82. The molecule has 0 bridgehead atoms. The fourth-order valence-corrected chi connectivity index (χ4v) is 5.02. The van der Waals surface area contributed by atoms with E-state index in [0.29, 0.717) is 23.9 Å². The monoisotopic (exact) mass is 288 g/mol. The van der Waals surface area contributed by atoms with E-state index in [1.165, 1.54) is 19.3 Å². The molecule has 0 aliphatic heterocycles. The molecule has 0 radical (unpaired) electrons. The molecule has 2 rings (SSSR count). The summed E-state index contributed by atoms with van der Waals surface area (Å²) < 4.78 is 0. The van der Waals surface area contributed by atoms with Crippen molar-refractivity contribution in [2.45, 2.75) is 59.3 Å². The second-order valence-electron chi connectivity index (χ2n) is 7.72. The normalized spacial score (nSPS) is 39.3. The number of aliphatic hydroxyl groups excluding tert-OH is 1. The molecular weight excluding hydrogens is 256 g/mol. The molecule has 0 saturated heterocycles. The van der Waals surface area contributed by atoms with E-state index in [-0.39, 0.29) is 5.41 Å². The molecule has 2 aliphatic carbocycles. The quantitative estimate of drug-likeness (QED) is 0.539. The molecule has 0 heterocycles. The van der Waals surface area contributed by atoms with E-state index in [4.69, 9.17) is 0 Å². The van der Waals surface area contributed by atoms with E-state index in [0.717, 1.165) is 24.8 Å². The first-order valence-corrected chi connectivity index (χ1v) is 8.47. The van der Waals surface area contributed by atoms with Crippen molar-refractivity contribution in [3.63, 3.8) is 0 Å². The van der Waals surface area contributed by atoms with Crippen LogP contribution in [0, 0.1) is 22.7 Å². The predicted molar refractivity (Wildman–Crippen MR) is 91.1 cm³/mol. The van der Waals surface area contributed by atoms with Crippen LogP contribution < -0.4 is 0 Å². The molecule has 0 aromatic carbocycles. The highest BCUT2D eigenvalue weighted by Crippen LogP contribution is 2.61. The van der Waals surface area contributed by atoms with Gasteiger partial charge in [-0.3, -0.25) is 0 Å². The maximum Gasteiger partial charge on any atom is 0.0464 e. The SMILES string of the molecule is C=CC(=C)CC[C@@]1(C)[C@H](CO)CC[C@@]2(C)C(C)=CCC[C@H]12. The average molecular weight is 288 g/mol. The summed E-state index contributed by atoms with van der Waals surface area (Å²) in [5, 5.41) is 9.93. The van der Waals surface area contributed by atoms with Crippen molar-refractivity contribution in [1.29, 1.82) is 0 Å². The molecule has 1 saturated carbocycles. The van der Waals surface area contributed by atoms with Gasteiger partial charge in [0.25, 0.3) is 0 Å². The lowest BCUT2D eigenvalue weighted by Crippen LogP contribution is -2.51. The topological polar surface area (TPSA) is 20.2 Å². The van der Waals surface area contributed by atoms with Crippen LogP contribution in [0.4, 0.5) is 0 Å². The zero-order chi connectivity index (χ0) is 15.7. The largest absolute Gasteiger partial charge is 0.396 e. The first kappa shape index (κ1) is 16.5. The summed E-state index contributed by atoms with van der Waals surface area (Å²) in [6, 6.07) is 0. The van der Waals surface area contributed by atoms with Crippen LogP contribution in [0.1, 0.15) is 59.3 Å². The Labute approximate surface area is 130 Å². The maximum absolute atomic E-state index is 9.93. The number of allylic oxidation sites excluding steroid dienone is 4. The van der Waals surface area contributed by atoms with Gasteiger partial charge in [-0.25, -0.2) is 0 Å². The van der Waals surface area contributed by atoms with Crippen LogP contribution in [0.2, 0.25) is 0 Å². The molecule has 1 nitrogen and oxygen atoms in total. The lowest BCUT2D eigenvalue weighted by atomic mass is 9.46. The Balaban J connectivity index is 2.31. The van der Waals surface area contributed by atoms with Crippen molar-refractivity contribution in [1.82, 2.24) is 0 Å². The minimum Gasteiger partial charge on any atom is -0.396 e. The molecule has 0 unspecified atom stereocenters. The molecule has 4 atom stereocenters. The van der Waals surface area contributed by atoms with Gasteiger partial charge in [0.15, 0.2) is 0 Å². The van der Waals surface area contributed by atoms with Crippen molar-refractivity contribution < 1.29 is 5.11 Å². The Bertz CT molecular complexity index is 447. The van der Waals surface area contributed by atoms with E-state index in [2.05, 4.69) is 40.0 Å². The summed E-state index contributed by atoms with van der Waals surface area (Å²) in [6.07, 6.45) is 11.3. The lowest BCUT2D eigenvalue weighted by molar-refractivity contribution is -0.0711. The Hall–Kier alpha value is -0.820. The molecule has 2 aliphatic rings. The fourth-order valence-electron chi connectivity index (χ4n) is 5.02. The summed E-state index contributed by atoms with van der Waals surface area (Å²) in [6.45, 7) is 15.4. The van der Waals surface area contributed by atoms with Gasteiger partial charge < -0.3 is 5.11 Å². The summed E-state index contributed by atoms with van der Waals surface area (Å²) in [4.78, 5) is 0. The Morgan fingerprint density at radius 2 is 2.14 bits per heavy atom. The highest BCUT2D eigenvalue weighted by atomic mass is 16.3. The highest BCUT2D eigenvalue weighted by Gasteiger charge is 2.53. The molecule has 21 heavy (non-hydrogen) atoms. The first-order valence-electron chi connectivity index (χ1n) is 8.47. The minimum atomic E-state index is 0.212. The predicted octanol–water partition coefficient (Wildman–Crippen LogP) is 5.28. The van der Waals surface area contributed by atoms with Crippen LogP contribution in [0.25, 0.3) is 0 Å². The Morgan fingerprint density at radius 3 is 2.76 bits per heavy atom. The van der Waals surface area contributed by atoms with Gasteiger partial charge in [-0.05, 0) is 68.1 Å². The number of hydrogen-bond donors (Lipinski definition) is 1. The number of aliphatic hydroxyl groups is 1. The molecule has 1 heteroatoms. The van der Waals surface area contributed by atoms with Crippen molar-refractivity contribution in [3.05, 3.63) is 36.5 Å². The number of fused-ring (bicyclic) bond motifs is 1. The van der Waals surface area contributed by atoms with Gasteiger partial charge in [0.2, 0.25) is 0 Å². The van der Waals surface area contributed by atoms with Crippen molar-refractivity contribution >= 4 is 0 Å². The van der Waals surface area contributed by atoms with Gasteiger partial charge in [0.05, 0.1) is 0 Å². The van der Waals surface area contributed by atoms with Gasteiger partial charge in [-0.2, -0.15) is 0 Å². The molecule has 0 spiro atoms. The standard InChI is InChI=1S/C20H32O/c1-6-15(2)10-12-20(5)17(14-21)11-13-19(4)16(3)8-7-9-18(19)20/h6,8,17-18,21H,1-2,7,9-14H2,3-5H3/t17-,18-,19-,20-/m0/s1. The summed E-state index contributed by atoms with van der Waals surface area (Å²) in [5.74, 6) is 1.11. The third kappa shape index (κ3) is 2.77. The second-order valence-corrected chi connectivity index (χ2v) is 7.72. The van der Waals surface area contributed by atoms with Crippen LogP contribution in [0.15, 0.2) is 36.5 Å². The summed E-state index contributed by atoms with van der Waals surface area (Å²) >= 11 is 0. The summed E-state index contributed by atoms with van der Waals surface area (Å²) in [5.41, 5.74) is 3.24. The van der Waals surface area contributed by atoms with E-state index >= 15 is 0 Å². The van der Waals surface area contributed by atoms with E-state index < -0.39 is 0 Å².